The van der Waals surface area contributed by atoms with Crippen LogP contribution < -0.4 is 10.2 Å². The molecule has 0 bridgehead atoms. The molecule has 2 aromatic heterocycles. The minimum Gasteiger partial charge on any atom is -0.478 e. The number of barbiturate groups is 1. The average molecular weight is 490 g/mol. The van der Waals surface area contributed by atoms with E-state index < -0.39 is 23.8 Å². The van der Waals surface area contributed by atoms with E-state index in [0.717, 1.165) is 46.7 Å². The molecule has 0 radical (unpaired) electrons. The van der Waals surface area contributed by atoms with Gasteiger partial charge in [0.2, 0.25) is 0 Å². The number of urea groups is 1. The van der Waals surface area contributed by atoms with Crippen molar-refractivity contribution in [1.29, 1.82) is 0 Å². The molecule has 0 spiro atoms. The van der Waals surface area contributed by atoms with Gasteiger partial charge in [-0.05, 0) is 74.9 Å². The van der Waals surface area contributed by atoms with Crippen LogP contribution in [0.15, 0.2) is 42.0 Å². The lowest BCUT2D eigenvalue weighted by molar-refractivity contribution is -0.122. The fourth-order valence-electron chi connectivity index (χ4n) is 4.80. The summed E-state index contributed by atoms with van der Waals surface area (Å²) < 4.78 is 1.88. The summed E-state index contributed by atoms with van der Waals surface area (Å²) in [7, 11) is 0. The molecule has 1 saturated heterocycles. The quantitative estimate of drug-likeness (QED) is 0.417. The van der Waals surface area contributed by atoms with E-state index in [2.05, 4.69) is 5.32 Å². The number of aromatic nitrogens is 1. The van der Waals surface area contributed by atoms with Crippen LogP contribution in [0.5, 0.6) is 0 Å². The largest absolute Gasteiger partial charge is 0.478 e. The van der Waals surface area contributed by atoms with E-state index in [-0.39, 0.29) is 5.57 Å². The fraction of sp³-hybridized carbons (Fsp3) is 0.231. The fourth-order valence-corrected chi connectivity index (χ4v) is 6.29. The molecule has 9 heteroatoms. The number of rotatable bonds is 4. The predicted molar refractivity (Wildman–Crippen MR) is 132 cm³/mol. The van der Waals surface area contributed by atoms with Crippen LogP contribution in [0.1, 0.15) is 50.6 Å². The highest BCUT2D eigenvalue weighted by Gasteiger charge is 2.37. The summed E-state index contributed by atoms with van der Waals surface area (Å²) in [4.78, 5) is 52.5. The standard InChI is InChI=1S/C26H23N3O5S/c1-14-12-16(13-19-22(30)27-26(34)29(23(19)31)17-8-4-3-5-9-17)15(2)28(14)24-21(25(32)33)18-10-6-7-11-20(18)35-24/h3-5,8-9,12-13H,6-7,10-11H2,1-2H3,(H,32,33)(H,27,30,34)/b19-13+. The molecule has 3 heterocycles. The summed E-state index contributed by atoms with van der Waals surface area (Å²) >= 11 is 1.49. The van der Waals surface area contributed by atoms with E-state index in [1.807, 2.05) is 24.5 Å². The van der Waals surface area contributed by atoms with Crippen LogP contribution in [0.25, 0.3) is 11.1 Å². The number of para-hydroxylation sites is 1. The molecule has 4 amide bonds. The minimum absolute atomic E-state index is 0.169. The Labute approximate surface area is 205 Å². The number of nitrogens with one attached hydrogen (secondary N) is 1. The van der Waals surface area contributed by atoms with Crippen molar-refractivity contribution >= 4 is 46.9 Å². The SMILES string of the molecule is Cc1cc(/C=C2\C(=O)NC(=O)N(c3ccccc3)C2=O)c(C)n1-c1sc2c(c1C(=O)O)CCCC2. The summed E-state index contributed by atoms with van der Waals surface area (Å²) in [5, 5.41) is 12.9. The van der Waals surface area contributed by atoms with Gasteiger partial charge in [-0.2, -0.15) is 0 Å². The zero-order valence-corrected chi connectivity index (χ0v) is 20.1. The number of hydrogen-bond donors (Lipinski definition) is 2. The molecule has 0 saturated carbocycles. The first-order valence-electron chi connectivity index (χ1n) is 11.3. The summed E-state index contributed by atoms with van der Waals surface area (Å²) in [6.07, 6.45) is 5.10. The van der Waals surface area contributed by atoms with Gasteiger partial charge >= 0.3 is 12.0 Å². The number of carboxylic acids is 1. The molecule has 2 aliphatic rings. The van der Waals surface area contributed by atoms with Gasteiger partial charge in [0.15, 0.2) is 0 Å². The van der Waals surface area contributed by atoms with Crippen LogP contribution in [0.3, 0.4) is 0 Å². The maximum absolute atomic E-state index is 13.2. The number of benzene rings is 1. The van der Waals surface area contributed by atoms with Gasteiger partial charge in [0.1, 0.15) is 10.6 Å². The molecule has 0 unspecified atom stereocenters. The highest BCUT2D eigenvalue weighted by atomic mass is 32.1. The number of anilines is 1. The number of amides is 4. The lowest BCUT2D eigenvalue weighted by Crippen LogP contribution is -2.54. The predicted octanol–water partition coefficient (Wildman–Crippen LogP) is 4.40. The Bertz CT molecular complexity index is 1430. The molecule has 1 aliphatic heterocycles. The first-order valence-corrected chi connectivity index (χ1v) is 12.1. The molecule has 1 fully saturated rings. The van der Waals surface area contributed by atoms with Gasteiger partial charge < -0.3 is 9.67 Å². The Balaban J connectivity index is 1.60. The molecule has 3 aromatic rings. The van der Waals surface area contributed by atoms with Crippen molar-refractivity contribution in [2.45, 2.75) is 39.5 Å². The van der Waals surface area contributed by atoms with Crippen LogP contribution >= 0.6 is 11.3 Å². The van der Waals surface area contributed by atoms with Crippen molar-refractivity contribution in [1.82, 2.24) is 9.88 Å². The second-order valence-electron chi connectivity index (χ2n) is 8.65. The summed E-state index contributed by atoms with van der Waals surface area (Å²) in [5.41, 5.74) is 3.53. The monoisotopic (exact) mass is 489 g/mol. The van der Waals surface area contributed by atoms with Gasteiger partial charge in [0.05, 0.1) is 11.3 Å². The van der Waals surface area contributed by atoms with E-state index >= 15 is 0 Å². The number of carbonyl (C=O) groups is 4. The van der Waals surface area contributed by atoms with Crippen LogP contribution in [0.2, 0.25) is 0 Å². The van der Waals surface area contributed by atoms with Crippen molar-refractivity contribution in [3.05, 3.63) is 74.9 Å². The first kappa shape index (κ1) is 22.8. The molecule has 5 rings (SSSR count). The number of carbonyl (C=O) groups excluding carboxylic acids is 3. The molecule has 0 atom stereocenters. The van der Waals surface area contributed by atoms with Gasteiger partial charge in [-0.1, -0.05) is 18.2 Å². The third-order valence-electron chi connectivity index (χ3n) is 6.46. The van der Waals surface area contributed by atoms with Crippen LogP contribution in [0, 0.1) is 13.8 Å². The smallest absolute Gasteiger partial charge is 0.339 e. The van der Waals surface area contributed by atoms with Gasteiger partial charge in [-0.25, -0.2) is 14.5 Å². The third kappa shape index (κ3) is 3.77. The number of aryl methyl sites for hydroxylation is 2. The van der Waals surface area contributed by atoms with Crippen LogP contribution in [-0.4, -0.2) is 33.5 Å². The Morgan fingerprint density at radius 1 is 1.09 bits per heavy atom. The van der Waals surface area contributed by atoms with Crippen LogP contribution in [0.4, 0.5) is 10.5 Å². The van der Waals surface area contributed by atoms with Gasteiger partial charge in [-0.3, -0.25) is 14.9 Å². The molecule has 35 heavy (non-hydrogen) atoms. The number of thiophene rings is 1. The lowest BCUT2D eigenvalue weighted by Gasteiger charge is -2.26. The van der Waals surface area contributed by atoms with E-state index in [1.54, 1.807) is 30.3 Å². The zero-order valence-electron chi connectivity index (χ0n) is 19.3. The summed E-state index contributed by atoms with van der Waals surface area (Å²) in [6, 6.07) is 9.40. The molecule has 1 aromatic carbocycles. The average Bonchev–Trinajstić information content (AvgIpc) is 3.33. The number of fused-ring (bicyclic) bond motifs is 1. The zero-order chi connectivity index (χ0) is 24.9. The molecule has 1 aliphatic carbocycles. The molecule has 8 nitrogen and oxygen atoms in total. The lowest BCUT2D eigenvalue weighted by atomic mass is 9.95. The normalized spacial score (nSPS) is 17.0. The first-order chi connectivity index (χ1) is 16.8. The summed E-state index contributed by atoms with van der Waals surface area (Å²) in [5.74, 6) is -2.44. The van der Waals surface area contributed by atoms with E-state index in [1.165, 1.54) is 17.4 Å². The number of imide groups is 2. The topological polar surface area (TPSA) is 109 Å². The second kappa shape index (κ2) is 8.66. The number of aromatic carboxylic acids is 1. The van der Waals surface area contributed by atoms with E-state index in [9.17, 15) is 24.3 Å². The van der Waals surface area contributed by atoms with Crippen molar-refractivity contribution in [2.75, 3.05) is 4.90 Å². The Hall–Kier alpha value is -3.98. The maximum atomic E-state index is 13.2. The van der Waals surface area contributed by atoms with Crippen molar-refractivity contribution < 1.29 is 24.3 Å². The van der Waals surface area contributed by atoms with Gasteiger partial charge in [-0.15, -0.1) is 11.3 Å². The maximum Gasteiger partial charge on any atom is 0.339 e. The molecular weight excluding hydrogens is 466 g/mol. The summed E-state index contributed by atoms with van der Waals surface area (Å²) in [6.45, 7) is 3.69. The number of hydrogen-bond acceptors (Lipinski definition) is 5. The molecular formula is C26H23N3O5S. The second-order valence-corrected chi connectivity index (χ2v) is 9.74. The van der Waals surface area contributed by atoms with Crippen LogP contribution in [-0.2, 0) is 22.4 Å². The van der Waals surface area contributed by atoms with E-state index in [4.69, 9.17) is 0 Å². The Morgan fingerprint density at radius 3 is 2.51 bits per heavy atom. The van der Waals surface area contributed by atoms with Crippen molar-refractivity contribution in [3.8, 4) is 5.00 Å². The highest BCUT2D eigenvalue weighted by Crippen LogP contribution is 2.39. The van der Waals surface area contributed by atoms with E-state index in [0.29, 0.717) is 27.5 Å². The van der Waals surface area contributed by atoms with Crippen molar-refractivity contribution in [3.63, 3.8) is 0 Å². The third-order valence-corrected chi connectivity index (χ3v) is 7.73. The molecule has 2 N–H and O–H groups in total. The Morgan fingerprint density at radius 2 is 1.80 bits per heavy atom. The number of carboxylic acid groups (broad SMARTS) is 1. The highest BCUT2D eigenvalue weighted by molar-refractivity contribution is 7.15. The Kier molecular flexibility index (Phi) is 5.64. The van der Waals surface area contributed by atoms with Crippen molar-refractivity contribution in [2.24, 2.45) is 0 Å². The van der Waals surface area contributed by atoms with Gasteiger partial charge in [0, 0.05) is 16.3 Å². The molecule has 178 valence electrons. The number of nitrogens with zero attached hydrogens (tertiary/aromatic N) is 2. The minimum atomic E-state index is -0.953. The van der Waals surface area contributed by atoms with Gasteiger partial charge in [0.25, 0.3) is 11.8 Å².